The zero-order valence-electron chi connectivity index (χ0n) is 14.7. The minimum Gasteiger partial charge on any atom is -0.352 e. The zero-order chi connectivity index (χ0) is 19.0. The van der Waals surface area contributed by atoms with E-state index >= 15 is 0 Å². The second-order valence-corrected chi connectivity index (χ2v) is 8.00. The number of rotatable bonds is 4. The molecular formula is C16H18FN7O2S. The summed E-state index contributed by atoms with van der Waals surface area (Å²) in [4.78, 5) is 10.2. The molecule has 27 heavy (non-hydrogen) atoms. The molecule has 0 aliphatic carbocycles. The van der Waals surface area contributed by atoms with Crippen LogP contribution in [0.2, 0.25) is 0 Å². The molecule has 3 heterocycles. The lowest BCUT2D eigenvalue weighted by molar-refractivity contribution is 0.381. The van der Waals surface area contributed by atoms with Gasteiger partial charge in [-0.25, -0.2) is 27.5 Å². The van der Waals surface area contributed by atoms with Crippen molar-refractivity contribution >= 4 is 27.0 Å². The molecule has 0 unspecified atom stereocenters. The second-order valence-electron chi connectivity index (χ2n) is 6.10. The Bertz CT molecular complexity index is 1080. The summed E-state index contributed by atoms with van der Waals surface area (Å²) in [6.45, 7) is 3.87. The molecule has 9 nitrogen and oxygen atoms in total. The maximum atomic E-state index is 13.9. The van der Waals surface area contributed by atoms with Gasteiger partial charge in [0.1, 0.15) is 17.0 Å². The van der Waals surface area contributed by atoms with Crippen LogP contribution >= 0.6 is 0 Å². The Labute approximate surface area is 155 Å². The van der Waals surface area contributed by atoms with E-state index < -0.39 is 15.8 Å². The van der Waals surface area contributed by atoms with Crippen molar-refractivity contribution in [3.63, 3.8) is 0 Å². The molecule has 11 heteroatoms. The number of hydrogen-bond donors (Lipinski definition) is 0. The van der Waals surface area contributed by atoms with Gasteiger partial charge in [0.05, 0.1) is 0 Å². The normalized spacial score (nSPS) is 16.1. The lowest BCUT2D eigenvalue weighted by Crippen LogP contribution is -2.49. The van der Waals surface area contributed by atoms with Gasteiger partial charge in [0.2, 0.25) is 10.0 Å². The molecule has 0 radical (unpaired) electrons. The third-order valence-corrected chi connectivity index (χ3v) is 6.50. The van der Waals surface area contributed by atoms with Crippen LogP contribution in [0, 0.1) is 5.82 Å². The molecule has 0 bridgehead atoms. The third kappa shape index (κ3) is 3.02. The first-order valence-electron chi connectivity index (χ1n) is 8.56. The molecule has 0 atom stereocenters. The summed E-state index contributed by atoms with van der Waals surface area (Å²) in [6.07, 6.45) is 1.45. The average Bonchev–Trinajstić information content (AvgIpc) is 3.11. The Balaban J connectivity index is 1.56. The fraction of sp³-hybridized carbons (Fsp3) is 0.375. The van der Waals surface area contributed by atoms with E-state index in [1.165, 1.54) is 28.8 Å². The number of anilines is 1. The Morgan fingerprint density at radius 3 is 2.56 bits per heavy atom. The smallest absolute Gasteiger partial charge is 0.246 e. The highest BCUT2D eigenvalue weighted by Crippen LogP contribution is 2.24. The Kier molecular flexibility index (Phi) is 4.48. The molecule has 1 saturated heterocycles. The standard InChI is InChI=1S/C16H18FN7O2S/c1-2-24-16-14(20-21-24)15(18-11-19-16)22-7-9-23(10-8-22)27(25,26)13-6-4-3-5-12(13)17/h3-6,11H,2,7-10H2,1H3. The summed E-state index contributed by atoms with van der Waals surface area (Å²) in [5, 5.41) is 8.22. The van der Waals surface area contributed by atoms with Gasteiger partial charge in [-0.05, 0) is 19.1 Å². The maximum absolute atomic E-state index is 13.9. The molecule has 1 aromatic carbocycles. The summed E-state index contributed by atoms with van der Waals surface area (Å²) in [5.74, 6) is -0.115. The van der Waals surface area contributed by atoms with Crippen LogP contribution in [0.15, 0.2) is 35.5 Å². The average molecular weight is 391 g/mol. The molecular weight excluding hydrogens is 373 g/mol. The molecule has 1 aliphatic heterocycles. The summed E-state index contributed by atoms with van der Waals surface area (Å²) >= 11 is 0. The topological polar surface area (TPSA) is 97.1 Å². The van der Waals surface area contributed by atoms with E-state index in [2.05, 4.69) is 20.3 Å². The van der Waals surface area contributed by atoms with Crippen molar-refractivity contribution in [1.82, 2.24) is 29.3 Å². The molecule has 3 aromatic rings. The van der Waals surface area contributed by atoms with Crippen molar-refractivity contribution in [3.05, 3.63) is 36.4 Å². The SMILES string of the molecule is CCn1nnc2c(N3CCN(S(=O)(=O)c4ccccc4F)CC3)ncnc21. The maximum Gasteiger partial charge on any atom is 0.246 e. The van der Waals surface area contributed by atoms with E-state index in [0.29, 0.717) is 36.6 Å². The van der Waals surface area contributed by atoms with Gasteiger partial charge in [-0.1, -0.05) is 17.3 Å². The summed E-state index contributed by atoms with van der Waals surface area (Å²) in [7, 11) is -3.87. The lowest BCUT2D eigenvalue weighted by atomic mass is 10.3. The monoisotopic (exact) mass is 391 g/mol. The van der Waals surface area contributed by atoms with E-state index in [0.717, 1.165) is 6.07 Å². The number of halogens is 1. The number of aromatic nitrogens is 5. The van der Waals surface area contributed by atoms with Gasteiger partial charge in [0.15, 0.2) is 17.0 Å². The molecule has 0 amide bonds. The molecule has 142 valence electrons. The minimum atomic E-state index is -3.87. The summed E-state index contributed by atoms with van der Waals surface area (Å²) < 4.78 is 42.4. The van der Waals surface area contributed by atoms with Crippen molar-refractivity contribution in [1.29, 1.82) is 0 Å². The van der Waals surface area contributed by atoms with Gasteiger partial charge in [0, 0.05) is 32.7 Å². The highest BCUT2D eigenvalue weighted by Gasteiger charge is 2.31. The highest BCUT2D eigenvalue weighted by atomic mass is 32.2. The van der Waals surface area contributed by atoms with Gasteiger partial charge < -0.3 is 4.90 Å². The van der Waals surface area contributed by atoms with Crippen molar-refractivity contribution in [2.24, 2.45) is 0 Å². The fourth-order valence-corrected chi connectivity index (χ4v) is 4.64. The number of nitrogens with zero attached hydrogens (tertiary/aromatic N) is 7. The lowest BCUT2D eigenvalue weighted by Gasteiger charge is -2.34. The zero-order valence-corrected chi connectivity index (χ0v) is 15.5. The van der Waals surface area contributed by atoms with Crippen LogP contribution in [0.5, 0.6) is 0 Å². The number of fused-ring (bicyclic) bond motifs is 1. The molecule has 2 aromatic heterocycles. The van der Waals surface area contributed by atoms with E-state index in [9.17, 15) is 12.8 Å². The van der Waals surface area contributed by atoms with E-state index in [1.807, 2.05) is 11.8 Å². The molecule has 0 spiro atoms. The third-order valence-electron chi connectivity index (χ3n) is 4.57. The van der Waals surface area contributed by atoms with Gasteiger partial charge in [0.25, 0.3) is 0 Å². The van der Waals surface area contributed by atoms with Crippen molar-refractivity contribution in [2.45, 2.75) is 18.4 Å². The Morgan fingerprint density at radius 2 is 1.85 bits per heavy atom. The molecule has 1 aliphatic rings. The van der Waals surface area contributed by atoms with Gasteiger partial charge in [-0.2, -0.15) is 4.31 Å². The summed E-state index contributed by atoms with van der Waals surface area (Å²) in [6, 6.07) is 5.42. The van der Waals surface area contributed by atoms with Crippen LogP contribution in [-0.2, 0) is 16.6 Å². The van der Waals surface area contributed by atoms with Crippen LogP contribution in [0.4, 0.5) is 10.2 Å². The quantitative estimate of drug-likeness (QED) is 0.651. The second kappa shape index (κ2) is 6.82. The van der Waals surface area contributed by atoms with E-state index in [-0.39, 0.29) is 18.0 Å². The molecule has 4 rings (SSSR count). The van der Waals surface area contributed by atoms with Crippen LogP contribution in [0.1, 0.15) is 6.92 Å². The number of aryl methyl sites for hydroxylation is 1. The van der Waals surface area contributed by atoms with Crippen LogP contribution in [0.25, 0.3) is 11.2 Å². The highest BCUT2D eigenvalue weighted by molar-refractivity contribution is 7.89. The largest absolute Gasteiger partial charge is 0.352 e. The first-order valence-corrected chi connectivity index (χ1v) is 10.00. The number of hydrogen-bond acceptors (Lipinski definition) is 7. The van der Waals surface area contributed by atoms with Crippen LogP contribution < -0.4 is 4.90 Å². The predicted molar refractivity (Wildman–Crippen MR) is 96.2 cm³/mol. The molecule has 0 N–H and O–H groups in total. The van der Waals surface area contributed by atoms with Gasteiger partial charge in [-0.3, -0.25) is 0 Å². The van der Waals surface area contributed by atoms with Crippen molar-refractivity contribution in [3.8, 4) is 0 Å². The predicted octanol–water partition coefficient (Wildman–Crippen LogP) is 0.891. The Morgan fingerprint density at radius 1 is 1.11 bits per heavy atom. The number of sulfonamides is 1. The van der Waals surface area contributed by atoms with E-state index in [1.54, 1.807) is 4.68 Å². The first kappa shape index (κ1) is 17.7. The van der Waals surface area contributed by atoms with Crippen LogP contribution in [-0.4, -0.2) is 63.9 Å². The van der Waals surface area contributed by atoms with E-state index in [4.69, 9.17) is 0 Å². The van der Waals surface area contributed by atoms with Gasteiger partial charge in [-0.15, -0.1) is 5.10 Å². The van der Waals surface area contributed by atoms with Crippen LogP contribution in [0.3, 0.4) is 0 Å². The minimum absolute atomic E-state index is 0.226. The number of piperazine rings is 1. The number of benzene rings is 1. The fourth-order valence-electron chi connectivity index (χ4n) is 3.16. The Hall–Kier alpha value is -2.66. The molecule has 1 fully saturated rings. The van der Waals surface area contributed by atoms with Crippen molar-refractivity contribution < 1.29 is 12.8 Å². The molecule has 0 saturated carbocycles. The van der Waals surface area contributed by atoms with Gasteiger partial charge >= 0.3 is 0 Å². The van der Waals surface area contributed by atoms with Crippen molar-refractivity contribution in [2.75, 3.05) is 31.1 Å². The first-order chi connectivity index (χ1) is 13.0. The summed E-state index contributed by atoms with van der Waals surface area (Å²) in [5.41, 5.74) is 1.23.